The fourth-order valence-corrected chi connectivity index (χ4v) is 2.75. The van der Waals surface area contributed by atoms with Gasteiger partial charge >= 0.3 is 0 Å². The van der Waals surface area contributed by atoms with Crippen molar-refractivity contribution >= 4 is 11.3 Å². The van der Waals surface area contributed by atoms with Crippen molar-refractivity contribution in [3.63, 3.8) is 0 Å². The molecule has 0 atom stereocenters. The van der Waals surface area contributed by atoms with Gasteiger partial charge in [0, 0.05) is 10.4 Å². The van der Waals surface area contributed by atoms with Crippen molar-refractivity contribution in [1.29, 1.82) is 0 Å². The van der Waals surface area contributed by atoms with E-state index in [0.29, 0.717) is 0 Å². The Bertz CT molecular complexity index is 507. The van der Waals surface area contributed by atoms with Crippen LogP contribution in [0.5, 0.6) is 11.5 Å². The summed E-state index contributed by atoms with van der Waals surface area (Å²) < 4.78 is 10.9. The molecule has 2 rings (SSSR count). The van der Waals surface area contributed by atoms with Crippen LogP contribution in [0.2, 0.25) is 0 Å². The van der Waals surface area contributed by atoms with Crippen molar-refractivity contribution in [1.82, 2.24) is 0 Å². The maximum absolute atomic E-state index is 5.43. The monoisotopic (exact) mass is 248 g/mol. The van der Waals surface area contributed by atoms with Crippen molar-refractivity contribution in [3.8, 4) is 22.6 Å². The van der Waals surface area contributed by atoms with Gasteiger partial charge in [0.2, 0.25) is 0 Å². The molecule has 0 radical (unpaired) electrons. The molecule has 17 heavy (non-hydrogen) atoms. The average molecular weight is 248 g/mol. The van der Waals surface area contributed by atoms with Gasteiger partial charge in [0.25, 0.3) is 0 Å². The highest BCUT2D eigenvalue weighted by molar-refractivity contribution is 7.10. The molecule has 0 saturated heterocycles. The second-order valence-electron chi connectivity index (χ2n) is 3.87. The lowest BCUT2D eigenvalue weighted by atomic mass is 10.0. The summed E-state index contributed by atoms with van der Waals surface area (Å²) in [5.41, 5.74) is 3.53. The highest BCUT2D eigenvalue weighted by Crippen LogP contribution is 2.42. The lowest BCUT2D eigenvalue weighted by Gasteiger charge is -2.12. The van der Waals surface area contributed by atoms with Crippen LogP contribution in [0.4, 0.5) is 0 Å². The normalized spacial score (nSPS) is 10.4. The van der Waals surface area contributed by atoms with Crippen molar-refractivity contribution in [2.75, 3.05) is 14.2 Å². The molecule has 1 aromatic carbocycles. The minimum atomic E-state index is 0.852. The van der Waals surface area contributed by atoms with Gasteiger partial charge in [-0.15, -0.1) is 11.3 Å². The van der Waals surface area contributed by atoms with Gasteiger partial charge < -0.3 is 9.47 Å². The van der Waals surface area contributed by atoms with Gasteiger partial charge in [-0.2, -0.15) is 0 Å². The largest absolute Gasteiger partial charge is 0.496 e. The predicted molar refractivity (Wildman–Crippen MR) is 72.3 cm³/mol. The van der Waals surface area contributed by atoms with E-state index in [0.717, 1.165) is 17.1 Å². The van der Waals surface area contributed by atoms with E-state index < -0.39 is 0 Å². The number of rotatable bonds is 3. The van der Waals surface area contributed by atoms with Crippen LogP contribution in [0.3, 0.4) is 0 Å². The molecule has 1 aromatic heterocycles. The van der Waals surface area contributed by atoms with Gasteiger partial charge in [-0.1, -0.05) is 6.07 Å². The highest BCUT2D eigenvalue weighted by atomic mass is 32.1. The molecule has 1 heterocycles. The van der Waals surface area contributed by atoms with Crippen LogP contribution in [0, 0.1) is 13.8 Å². The second-order valence-corrected chi connectivity index (χ2v) is 4.95. The van der Waals surface area contributed by atoms with E-state index in [-0.39, 0.29) is 0 Å². The number of hydrogen-bond donors (Lipinski definition) is 0. The van der Waals surface area contributed by atoms with Gasteiger partial charge in [-0.25, -0.2) is 0 Å². The SMILES string of the molecule is COc1cccc(OC)c1-c1csc(C)c1C. The third-order valence-electron chi connectivity index (χ3n) is 2.98. The van der Waals surface area contributed by atoms with E-state index in [4.69, 9.17) is 9.47 Å². The summed E-state index contributed by atoms with van der Waals surface area (Å²) in [5.74, 6) is 1.70. The number of hydrogen-bond acceptors (Lipinski definition) is 3. The number of aryl methyl sites for hydroxylation is 1. The van der Waals surface area contributed by atoms with Crippen LogP contribution in [-0.4, -0.2) is 14.2 Å². The van der Waals surface area contributed by atoms with Crippen LogP contribution in [0.1, 0.15) is 10.4 Å². The molecule has 0 aliphatic carbocycles. The topological polar surface area (TPSA) is 18.5 Å². The molecule has 0 N–H and O–H groups in total. The predicted octanol–water partition coefficient (Wildman–Crippen LogP) is 4.05. The first-order valence-electron chi connectivity index (χ1n) is 5.45. The van der Waals surface area contributed by atoms with E-state index in [9.17, 15) is 0 Å². The van der Waals surface area contributed by atoms with Crippen LogP contribution in [0.25, 0.3) is 11.1 Å². The molecule has 90 valence electrons. The first-order valence-corrected chi connectivity index (χ1v) is 6.33. The molecule has 2 aromatic rings. The molecule has 0 aliphatic rings. The molecule has 0 bridgehead atoms. The van der Waals surface area contributed by atoms with E-state index >= 15 is 0 Å². The zero-order chi connectivity index (χ0) is 12.4. The summed E-state index contributed by atoms with van der Waals surface area (Å²) in [6, 6.07) is 5.87. The minimum absolute atomic E-state index is 0.852. The Morgan fingerprint density at radius 1 is 1.00 bits per heavy atom. The highest BCUT2D eigenvalue weighted by Gasteiger charge is 2.16. The molecule has 2 nitrogen and oxygen atoms in total. The quantitative estimate of drug-likeness (QED) is 0.816. The first-order chi connectivity index (χ1) is 8.19. The first kappa shape index (κ1) is 12.0. The van der Waals surface area contributed by atoms with Crippen molar-refractivity contribution in [3.05, 3.63) is 34.0 Å². The molecular formula is C14H16O2S. The standard InChI is InChI=1S/C14H16O2S/c1-9-10(2)17-8-11(9)14-12(15-3)6-5-7-13(14)16-4/h5-8H,1-4H3. The maximum atomic E-state index is 5.43. The van der Waals surface area contributed by atoms with E-state index in [1.165, 1.54) is 16.0 Å². The summed E-state index contributed by atoms with van der Waals surface area (Å²) in [7, 11) is 3.37. The van der Waals surface area contributed by atoms with Crippen LogP contribution >= 0.6 is 11.3 Å². The summed E-state index contributed by atoms with van der Waals surface area (Å²) >= 11 is 1.75. The van der Waals surface area contributed by atoms with Gasteiger partial charge in [0.05, 0.1) is 19.8 Å². The third-order valence-corrected chi connectivity index (χ3v) is 4.00. The van der Waals surface area contributed by atoms with E-state index in [2.05, 4.69) is 19.2 Å². The molecule has 0 spiro atoms. The van der Waals surface area contributed by atoms with Crippen LogP contribution < -0.4 is 9.47 Å². The van der Waals surface area contributed by atoms with Gasteiger partial charge in [-0.3, -0.25) is 0 Å². The maximum Gasteiger partial charge on any atom is 0.130 e. The Morgan fingerprint density at radius 2 is 1.59 bits per heavy atom. The van der Waals surface area contributed by atoms with Crippen LogP contribution in [-0.2, 0) is 0 Å². The second kappa shape index (κ2) is 4.80. The van der Waals surface area contributed by atoms with Gasteiger partial charge in [0.15, 0.2) is 0 Å². The average Bonchev–Trinajstić information content (AvgIpc) is 2.69. The van der Waals surface area contributed by atoms with Gasteiger partial charge in [0.1, 0.15) is 11.5 Å². The fourth-order valence-electron chi connectivity index (χ4n) is 1.88. The van der Waals surface area contributed by atoms with E-state index in [1.54, 1.807) is 25.6 Å². The summed E-state index contributed by atoms with van der Waals surface area (Å²) in [5, 5.41) is 2.16. The Balaban J connectivity index is 2.68. The van der Waals surface area contributed by atoms with Crippen molar-refractivity contribution in [2.24, 2.45) is 0 Å². The number of ether oxygens (including phenoxy) is 2. The van der Waals surface area contributed by atoms with Crippen molar-refractivity contribution in [2.45, 2.75) is 13.8 Å². The van der Waals surface area contributed by atoms with Crippen LogP contribution in [0.15, 0.2) is 23.6 Å². The molecular weight excluding hydrogens is 232 g/mol. The molecule has 0 saturated carbocycles. The lowest BCUT2D eigenvalue weighted by Crippen LogP contribution is -1.93. The Morgan fingerprint density at radius 3 is 2.00 bits per heavy atom. The number of thiophene rings is 1. The molecule has 3 heteroatoms. The molecule has 0 fully saturated rings. The van der Waals surface area contributed by atoms with Crippen molar-refractivity contribution < 1.29 is 9.47 Å². The summed E-state index contributed by atoms with van der Waals surface area (Å²) in [4.78, 5) is 1.33. The Hall–Kier alpha value is -1.48. The number of benzene rings is 1. The Kier molecular flexibility index (Phi) is 3.38. The smallest absolute Gasteiger partial charge is 0.130 e. The lowest BCUT2D eigenvalue weighted by molar-refractivity contribution is 0.397. The molecule has 0 aliphatic heterocycles. The number of methoxy groups -OCH3 is 2. The van der Waals surface area contributed by atoms with Gasteiger partial charge in [-0.05, 0) is 36.9 Å². The Labute approximate surface area is 106 Å². The zero-order valence-electron chi connectivity index (χ0n) is 10.5. The zero-order valence-corrected chi connectivity index (χ0v) is 11.4. The fraction of sp³-hybridized carbons (Fsp3) is 0.286. The summed E-state index contributed by atoms with van der Waals surface area (Å²) in [6.45, 7) is 4.26. The summed E-state index contributed by atoms with van der Waals surface area (Å²) in [6.07, 6.45) is 0. The molecule has 0 unspecified atom stereocenters. The minimum Gasteiger partial charge on any atom is -0.496 e. The van der Waals surface area contributed by atoms with E-state index in [1.807, 2.05) is 18.2 Å². The molecule has 0 amide bonds. The third kappa shape index (κ3) is 2.03.